The van der Waals surface area contributed by atoms with E-state index in [-0.39, 0.29) is 12.1 Å². The van der Waals surface area contributed by atoms with Crippen molar-refractivity contribution in [2.24, 2.45) is 5.73 Å². The first kappa shape index (κ1) is 20.6. The Hall–Kier alpha value is -2.64. The molecule has 0 spiro atoms. The Balaban J connectivity index is 1.48. The number of aryl methyl sites for hydroxylation is 1. The number of nitrogens with two attached hydrogens (primary N) is 1. The van der Waals surface area contributed by atoms with Crippen LogP contribution in [-0.2, 0) is 11.2 Å². The number of anilines is 2. The summed E-state index contributed by atoms with van der Waals surface area (Å²) in [7, 11) is 2.17. The summed E-state index contributed by atoms with van der Waals surface area (Å²) < 4.78 is 0. The van der Waals surface area contributed by atoms with Gasteiger partial charge in [-0.15, -0.1) is 0 Å². The molecule has 2 aliphatic rings. The summed E-state index contributed by atoms with van der Waals surface area (Å²) in [4.78, 5) is 21.8. The van der Waals surface area contributed by atoms with Gasteiger partial charge in [0.1, 0.15) is 6.17 Å². The van der Waals surface area contributed by atoms with Crippen LogP contribution in [0.2, 0.25) is 0 Å². The average molecular weight is 409 g/mol. The second-order valence-corrected chi connectivity index (χ2v) is 8.19. The van der Waals surface area contributed by atoms with Crippen LogP contribution in [0, 0.1) is 0 Å². The number of rotatable bonds is 8. The number of carbonyl (C=O) groups is 1. The van der Waals surface area contributed by atoms with Crippen LogP contribution in [0.1, 0.15) is 36.6 Å². The molecule has 0 fully saturated rings. The van der Waals surface area contributed by atoms with Gasteiger partial charge in [-0.25, -0.2) is 0 Å². The molecule has 0 radical (unpaired) electrons. The molecule has 0 bridgehead atoms. The summed E-state index contributed by atoms with van der Waals surface area (Å²) in [5, 5.41) is 6.59. The van der Waals surface area contributed by atoms with Crippen LogP contribution in [0.25, 0.3) is 0 Å². The number of likely N-dealkylation sites (N-methyl/N-ethyl adjacent to an activating group) is 1. The molecular formula is C23H32N6O. The van der Waals surface area contributed by atoms with Crippen molar-refractivity contribution in [3.8, 4) is 0 Å². The van der Waals surface area contributed by atoms with Gasteiger partial charge in [0, 0.05) is 19.3 Å². The predicted molar refractivity (Wildman–Crippen MR) is 120 cm³/mol. The van der Waals surface area contributed by atoms with Crippen molar-refractivity contribution in [1.82, 2.24) is 15.2 Å². The Kier molecular flexibility index (Phi) is 6.50. The number of pyridine rings is 1. The highest BCUT2D eigenvalue weighted by atomic mass is 16.2. The van der Waals surface area contributed by atoms with Crippen molar-refractivity contribution in [3.63, 3.8) is 0 Å². The van der Waals surface area contributed by atoms with Gasteiger partial charge in [-0.1, -0.05) is 18.2 Å². The highest BCUT2D eigenvalue weighted by molar-refractivity contribution is 5.86. The number of hydrogen-bond acceptors (Lipinski definition) is 6. The van der Waals surface area contributed by atoms with E-state index in [0.29, 0.717) is 25.7 Å². The third kappa shape index (κ3) is 4.42. The minimum Gasteiger partial charge on any atom is -0.362 e. The molecule has 30 heavy (non-hydrogen) atoms. The first-order chi connectivity index (χ1) is 14.7. The maximum Gasteiger partial charge on any atom is 0.239 e. The van der Waals surface area contributed by atoms with E-state index in [1.807, 2.05) is 24.4 Å². The van der Waals surface area contributed by atoms with Gasteiger partial charge in [0.15, 0.2) is 0 Å². The van der Waals surface area contributed by atoms with Crippen molar-refractivity contribution >= 4 is 17.3 Å². The van der Waals surface area contributed by atoms with E-state index in [4.69, 9.17) is 10.7 Å². The summed E-state index contributed by atoms with van der Waals surface area (Å²) in [5.74, 6) is 0.0271. The molecule has 1 aliphatic heterocycles. The number of amides is 1. The molecule has 0 saturated heterocycles. The molecule has 1 amide bonds. The number of nitrogens with one attached hydrogen (secondary N) is 2. The molecule has 2 heterocycles. The summed E-state index contributed by atoms with van der Waals surface area (Å²) in [6.45, 7) is 2.32. The third-order valence-electron chi connectivity index (χ3n) is 6.09. The number of hydrogen-bond donors (Lipinski definition) is 3. The monoisotopic (exact) mass is 408 g/mol. The minimum atomic E-state index is 0.0271. The van der Waals surface area contributed by atoms with Gasteiger partial charge in [-0.3, -0.25) is 14.7 Å². The molecule has 7 nitrogen and oxygen atoms in total. The SMILES string of the molecule is CN(CC1Nc2ccccc2N1CC(=O)NCCCN)C1CCCc2cccnc21. The van der Waals surface area contributed by atoms with Gasteiger partial charge in [-0.05, 0) is 63.0 Å². The summed E-state index contributed by atoms with van der Waals surface area (Å²) in [6, 6.07) is 12.7. The van der Waals surface area contributed by atoms with Gasteiger partial charge in [0.05, 0.1) is 29.7 Å². The lowest BCUT2D eigenvalue weighted by molar-refractivity contribution is -0.119. The van der Waals surface area contributed by atoms with E-state index in [9.17, 15) is 4.79 Å². The zero-order valence-electron chi connectivity index (χ0n) is 17.7. The van der Waals surface area contributed by atoms with Crippen LogP contribution in [0.3, 0.4) is 0 Å². The van der Waals surface area contributed by atoms with Crippen molar-refractivity contribution in [2.45, 2.75) is 37.9 Å². The maximum atomic E-state index is 12.5. The molecule has 4 rings (SSSR count). The number of aromatic nitrogens is 1. The number of carbonyl (C=O) groups excluding carboxylic acids is 1. The minimum absolute atomic E-state index is 0.0271. The third-order valence-corrected chi connectivity index (χ3v) is 6.09. The van der Waals surface area contributed by atoms with Gasteiger partial charge in [0.2, 0.25) is 5.91 Å². The second kappa shape index (κ2) is 9.45. The van der Waals surface area contributed by atoms with E-state index >= 15 is 0 Å². The normalized spacial score (nSPS) is 19.9. The van der Waals surface area contributed by atoms with Gasteiger partial charge < -0.3 is 21.3 Å². The van der Waals surface area contributed by atoms with E-state index in [2.05, 4.69) is 45.7 Å². The fourth-order valence-corrected chi connectivity index (χ4v) is 4.57. The first-order valence-corrected chi connectivity index (χ1v) is 10.9. The van der Waals surface area contributed by atoms with Crippen LogP contribution in [-0.4, -0.2) is 55.2 Å². The Bertz CT molecular complexity index is 872. The van der Waals surface area contributed by atoms with Crippen LogP contribution in [0.4, 0.5) is 11.4 Å². The molecule has 1 aromatic heterocycles. The van der Waals surface area contributed by atoms with Gasteiger partial charge in [-0.2, -0.15) is 0 Å². The molecule has 1 aliphatic carbocycles. The van der Waals surface area contributed by atoms with E-state index in [0.717, 1.165) is 37.2 Å². The van der Waals surface area contributed by atoms with Crippen molar-refractivity contribution in [3.05, 3.63) is 53.9 Å². The highest BCUT2D eigenvalue weighted by Gasteiger charge is 2.33. The molecular weight excluding hydrogens is 376 g/mol. The van der Waals surface area contributed by atoms with Crippen LogP contribution in [0.5, 0.6) is 0 Å². The first-order valence-electron chi connectivity index (χ1n) is 10.9. The molecule has 1 aromatic carbocycles. The Morgan fingerprint density at radius 3 is 3.07 bits per heavy atom. The standard InChI is InChI=1S/C23H32N6O/c1-28(20-11-4-7-17-8-5-13-26-23(17)20)15-21-27-18-9-2-3-10-19(18)29(21)16-22(30)25-14-6-12-24/h2-3,5,8-10,13,20-21,27H,4,6-7,11-12,14-16,24H2,1H3,(H,25,30). The molecule has 7 heteroatoms. The molecule has 2 atom stereocenters. The van der Waals surface area contributed by atoms with E-state index in [1.54, 1.807) is 0 Å². The van der Waals surface area contributed by atoms with E-state index in [1.165, 1.54) is 17.7 Å². The number of nitrogens with zero attached hydrogens (tertiary/aromatic N) is 3. The quantitative estimate of drug-likeness (QED) is 0.580. The molecule has 160 valence electrons. The zero-order valence-corrected chi connectivity index (χ0v) is 17.7. The summed E-state index contributed by atoms with van der Waals surface area (Å²) in [6.07, 6.45) is 6.11. The van der Waals surface area contributed by atoms with Crippen LogP contribution < -0.4 is 21.3 Å². The Morgan fingerprint density at radius 1 is 1.33 bits per heavy atom. The lowest BCUT2D eigenvalue weighted by Gasteiger charge is -2.36. The molecule has 0 saturated carbocycles. The maximum absolute atomic E-state index is 12.5. The Labute approximate surface area is 178 Å². The summed E-state index contributed by atoms with van der Waals surface area (Å²) in [5.41, 5.74) is 10.3. The molecule has 4 N–H and O–H groups in total. The van der Waals surface area contributed by atoms with Crippen molar-refractivity contribution in [1.29, 1.82) is 0 Å². The highest BCUT2D eigenvalue weighted by Crippen LogP contribution is 2.36. The molecule has 2 unspecified atom stereocenters. The number of para-hydroxylation sites is 2. The lowest BCUT2D eigenvalue weighted by Crippen LogP contribution is -2.49. The van der Waals surface area contributed by atoms with E-state index < -0.39 is 0 Å². The number of benzene rings is 1. The van der Waals surface area contributed by atoms with Crippen molar-refractivity contribution in [2.75, 3.05) is 43.4 Å². The number of fused-ring (bicyclic) bond motifs is 2. The Morgan fingerprint density at radius 2 is 2.20 bits per heavy atom. The van der Waals surface area contributed by atoms with Crippen LogP contribution >= 0.6 is 0 Å². The lowest BCUT2D eigenvalue weighted by atomic mass is 9.91. The summed E-state index contributed by atoms with van der Waals surface area (Å²) >= 11 is 0. The van der Waals surface area contributed by atoms with Crippen molar-refractivity contribution < 1.29 is 4.79 Å². The largest absolute Gasteiger partial charge is 0.362 e. The van der Waals surface area contributed by atoms with Gasteiger partial charge >= 0.3 is 0 Å². The zero-order chi connectivity index (χ0) is 20.9. The smallest absolute Gasteiger partial charge is 0.239 e. The predicted octanol–water partition coefficient (Wildman–Crippen LogP) is 2.11. The second-order valence-electron chi connectivity index (χ2n) is 8.19. The fourth-order valence-electron chi connectivity index (χ4n) is 4.57. The fraction of sp³-hybridized carbons (Fsp3) is 0.478. The molecule has 2 aromatic rings. The van der Waals surface area contributed by atoms with Crippen LogP contribution in [0.15, 0.2) is 42.6 Å². The topological polar surface area (TPSA) is 86.5 Å². The van der Waals surface area contributed by atoms with Gasteiger partial charge in [0.25, 0.3) is 0 Å². The average Bonchev–Trinajstić information content (AvgIpc) is 3.10.